The van der Waals surface area contributed by atoms with Crippen molar-refractivity contribution in [3.05, 3.63) is 35.9 Å². The molecule has 2 aliphatic heterocycles. The van der Waals surface area contributed by atoms with E-state index in [9.17, 15) is 4.79 Å². The number of nitrogens with zero attached hydrogens (tertiary/aromatic N) is 2. The van der Waals surface area contributed by atoms with E-state index in [-0.39, 0.29) is 0 Å². The number of hydrogen-bond acceptors (Lipinski definition) is 1. The number of amides is 1. The van der Waals surface area contributed by atoms with Crippen LogP contribution in [0.25, 0.3) is 0 Å². The zero-order valence-electron chi connectivity index (χ0n) is 9.38. The maximum Gasteiger partial charge on any atom is 0.210 e. The first-order valence-corrected chi connectivity index (χ1v) is 5.94. The molecule has 0 aliphatic carbocycles. The van der Waals surface area contributed by atoms with Crippen molar-refractivity contribution in [1.29, 1.82) is 0 Å². The van der Waals surface area contributed by atoms with Crippen molar-refractivity contribution in [3.63, 3.8) is 0 Å². The highest BCUT2D eigenvalue weighted by Gasteiger charge is 2.56. The second kappa shape index (κ2) is 3.59. The number of rotatable bonds is 2. The largest absolute Gasteiger partial charge is 0.334 e. The lowest BCUT2D eigenvalue weighted by atomic mass is 10.1. The first-order valence-electron chi connectivity index (χ1n) is 5.94. The molecule has 2 fully saturated rings. The van der Waals surface area contributed by atoms with Crippen molar-refractivity contribution in [3.8, 4) is 0 Å². The molecule has 3 rings (SSSR count). The van der Waals surface area contributed by atoms with Crippen LogP contribution in [0.4, 0.5) is 0 Å². The van der Waals surface area contributed by atoms with E-state index in [4.69, 9.17) is 0 Å². The van der Waals surface area contributed by atoms with E-state index in [0.29, 0.717) is 6.04 Å². The minimum atomic E-state index is 0.690. The third kappa shape index (κ3) is 1.52. The Morgan fingerprint density at radius 1 is 1.19 bits per heavy atom. The number of quaternary nitrogens is 1. The summed E-state index contributed by atoms with van der Waals surface area (Å²) >= 11 is 0. The molecule has 1 atom stereocenters. The lowest BCUT2D eigenvalue weighted by molar-refractivity contribution is -0.821. The Morgan fingerprint density at radius 3 is 2.50 bits per heavy atom. The Kier molecular flexibility index (Phi) is 2.21. The molecule has 1 amide bonds. The molecule has 0 N–H and O–H groups in total. The summed E-state index contributed by atoms with van der Waals surface area (Å²) in [4.78, 5) is 12.6. The first-order chi connectivity index (χ1) is 7.84. The van der Waals surface area contributed by atoms with Crippen LogP contribution in [0.3, 0.4) is 0 Å². The molecule has 0 saturated carbocycles. The van der Waals surface area contributed by atoms with Crippen LogP contribution in [0.1, 0.15) is 11.6 Å². The van der Waals surface area contributed by atoms with Crippen LogP contribution in [0.5, 0.6) is 0 Å². The molecular weight excluding hydrogens is 200 g/mol. The first kappa shape index (κ1) is 9.85. The Hall–Kier alpha value is -1.35. The van der Waals surface area contributed by atoms with Gasteiger partial charge >= 0.3 is 0 Å². The Labute approximate surface area is 95.9 Å². The van der Waals surface area contributed by atoms with Crippen LogP contribution in [0, 0.1) is 0 Å². The summed E-state index contributed by atoms with van der Waals surface area (Å²) in [5, 5.41) is 0. The summed E-state index contributed by atoms with van der Waals surface area (Å²) in [6, 6.07) is 11.4. The van der Waals surface area contributed by atoms with E-state index < -0.39 is 0 Å². The van der Waals surface area contributed by atoms with Gasteiger partial charge in [0.2, 0.25) is 6.41 Å². The van der Waals surface area contributed by atoms with Gasteiger partial charge in [0.15, 0.2) is 6.04 Å². The van der Waals surface area contributed by atoms with Gasteiger partial charge in [-0.2, -0.15) is 0 Å². The van der Waals surface area contributed by atoms with E-state index in [1.807, 2.05) is 4.90 Å². The molecule has 0 aromatic heterocycles. The molecule has 3 nitrogen and oxygen atoms in total. The summed E-state index contributed by atoms with van der Waals surface area (Å²) < 4.78 is 1.20. The van der Waals surface area contributed by atoms with Gasteiger partial charge in [-0.3, -0.25) is 4.79 Å². The average Bonchev–Trinajstić information content (AvgIpc) is 3.06. The molecule has 0 radical (unpaired) electrons. The maximum atomic E-state index is 10.7. The molecule has 16 heavy (non-hydrogen) atoms. The van der Waals surface area contributed by atoms with E-state index >= 15 is 0 Å². The summed E-state index contributed by atoms with van der Waals surface area (Å²) in [5.74, 6) is 0. The Morgan fingerprint density at radius 2 is 1.88 bits per heavy atom. The maximum absolute atomic E-state index is 10.7. The lowest BCUT2D eigenvalue weighted by Crippen LogP contribution is -2.47. The van der Waals surface area contributed by atoms with Crippen molar-refractivity contribution < 1.29 is 9.28 Å². The van der Waals surface area contributed by atoms with Gasteiger partial charge in [-0.15, -0.1) is 0 Å². The van der Waals surface area contributed by atoms with Crippen molar-refractivity contribution >= 4 is 6.41 Å². The highest BCUT2D eigenvalue weighted by molar-refractivity contribution is 5.47. The molecule has 1 spiro atoms. The van der Waals surface area contributed by atoms with Crippen LogP contribution in [-0.4, -0.2) is 48.5 Å². The van der Waals surface area contributed by atoms with Crippen LogP contribution in [0.2, 0.25) is 0 Å². The fourth-order valence-electron chi connectivity index (χ4n) is 2.87. The second-order valence-corrected chi connectivity index (χ2v) is 4.92. The third-order valence-electron chi connectivity index (χ3n) is 4.06. The number of carbonyl (C=O) groups is 1. The molecule has 0 bridgehead atoms. The van der Waals surface area contributed by atoms with Gasteiger partial charge in [0, 0.05) is 5.56 Å². The third-order valence-corrected chi connectivity index (χ3v) is 4.06. The van der Waals surface area contributed by atoms with Crippen molar-refractivity contribution in [2.45, 2.75) is 6.04 Å². The Balaban J connectivity index is 1.70. The minimum Gasteiger partial charge on any atom is -0.334 e. The molecular formula is C13H17N2O+. The fourth-order valence-corrected chi connectivity index (χ4v) is 2.87. The molecule has 1 aromatic carbocycles. The molecule has 2 saturated heterocycles. The summed E-state index contributed by atoms with van der Waals surface area (Å²) in [6.45, 7) is 5.35. The zero-order chi connectivity index (χ0) is 11.0. The average molecular weight is 217 g/mol. The van der Waals surface area contributed by atoms with Crippen LogP contribution in [0.15, 0.2) is 30.3 Å². The Bertz CT molecular complexity index is 382. The predicted octanol–water partition coefficient (Wildman–Crippen LogP) is 1.03. The highest BCUT2D eigenvalue weighted by atomic mass is 16.1. The van der Waals surface area contributed by atoms with Gasteiger partial charge in [0.1, 0.15) is 6.54 Å². The van der Waals surface area contributed by atoms with Gasteiger partial charge < -0.3 is 9.38 Å². The van der Waals surface area contributed by atoms with Gasteiger partial charge in [-0.25, -0.2) is 0 Å². The van der Waals surface area contributed by atoms with Crippen LogP contribution >= 0.6 is 0 Å². The smallest absolute Gasteiger partial charge is 0.210 e. The molecule has 84 valence electrons. The van der Waals surface area contributed by atoms with Crippen LogP contribution in [-0.2, 0) is 4.79 Å². The van der Waals surface area contributed by atoms with Gasteiger partial charge in [-0.1, -0.05) is 30.3 Å². The van der Waals surface area contributed by atoms with Crippen molar-refractivity contribution in [2.75, 3.05) is 32.7 Å². The molecule has 1 aromatic rings. The van der Waals surface area contributed by atoms with E-state index in [2.05, 4.69) is 30.3 Å². The van der Waals surface area contributed by atoms with Crippen molar-refractivity contribution in [2.24, 2.45) is 0 Å². The van der Waals surface area contributed by atoms with Gasteiger partial charge in [-0.05, 0) is 0 Å². The summed E-state index contributed by atoms with van der Waals surface area (Å²) in [5.41, 5.74) is 1.46. The monoisotopic (exact) mass is 217 g/mol. The van der Waals surface area contributed by atoms with Crippen LogP contribution < -0.4 is 0 Å². The highest BCUT2D eigenvalue weighted by Crippen LogP contribution is 2.45. The summed E-state index contributed by atoms with van der Waals surface area (Å²) in [7, 11) is 0. The number of piperazine rings is 1. The van der Waals surface area contributed by atoms with E-state index in [1.165, 1.54) is 16.6 Å². The van der Waals surface area contributed by atoms with E-state index in [1.54, 1.807) is 0 Å². The fraction of sp³-hybridized carbons (Fsp3) is 0.462. The quantitative estimate of drug-likeness (QED) is 0.411. The number of hydrogen-bond donors (Lipinski definition) is 0. The van der Waals surface area contributed by atoms with Gasteiger partial charge in [0.25, 0.3) is 0 Å². The standard InChI is InChI=1S/C13H17N2O/c16-11-14-6-8-15(9-7-14)10-13(15)12-4-2-1-3-5-12/h1-5,11,13H,6-10H2/q+1/t13-/m1/s1. The van der Waals surface area contributed by atoms with Gasteiger partial charge in [0.05, 0.1) is 26.2 Å². The molecule has 2 aliphatic rings. The molecule has 2 heterocycles. The number of carbonyl (C=O) groups excluding carboxylic acids is 1. The summed E-state index contributed by atoms with van der Waals surface area (Å²) in [6.07, 6.45) is 0.983. The predicted molar refractivity (Wildman–Crippen MR) is 61.7 cm³/mol. The zero-order valence-corrected chi connectivity index (χ0v) is 9.38. The normalized spacial score (nSPS) is 26.8. The number of benzene rings is 1. The molecule has 0 unspecified atom stereocenters. The second-order valence-electron chi connectivity index (χ2n) is 4.92. The minimum absolute atomic E-state index is 0.690. The molecule has 3 heteroatoms. The van der Waals surface area contributed by atoms with Crippen molar-refractivity contribution in [1.82, 2.24) is 4.90 Å². The van der Waals surface area contributed by atoms with E-state index in [0.717, 1.165) is 32.6 Å². The SMILES string of the molecule is O=CN1CC[N+]2(CC1)C[C@@H]2c1ccccc1. The lowest BCUT2D eigenvalue weighted by Gasteiger charge is -2.31. The topological polar surface area (TPSA) is 20.3 Å².